The highest BCUT2D eigenvalue weighted by Gasteiger charge is 2.39. The molecule has 0 aliphatic heterocycles. The molecule has 0 spiro atoms. The van der Waals surface area contributed by atoms with Gasteiger partial charge < -0.3 is 15.2 Å². The lowest BCUT2D eigenvalue weighted by atomic mass is 9.63. The van der Waals surface area contributed by atoms with Crippen molar-refractivity contribution in [3.8, 4) is 11.5 Å². The van der Waals surface area contributed by atoms with Crippen molar-refractivity contribution in [2.75, 3.05) is 20.8 Å². The maximum atomic E-state index is 6.38. The Morgan fingerprint density at radius 1 is 1.33 bits per heavy atom. The van der Waals surface area contributed by atoms with Gasteiger partial charge in [-0.25, -0.2) is 0 Å². The monoisotopic (exact) mass is 269 g/mol. The van der Waals surface area contributed by atoms with Gasteiger partial charge in [0.05, 0.1) is 19.2 Å². The summed E-state index contributed by atoms with van der Waals surface area (Å²) in [5.74, 6) is 1.29. The van der Waals surface area contributed by atoms with Crippen molar-refractivity contribution in [3.63, 3.8) is 0 Å². The quantitative estimate of drug-likeness (QED) is 0.914. The van der Waals surface area contributed by atoms with Crippen molar-refractivity contribution >= 4 is 11.6 Å². The summed E-state index contributed by atoms with van der Waals surface area (Å²) in [6.45, 7) is 2.68. The molecule has 4 heteroatoms. The first-order valence-electron chi connectivity index (χ1n) is 6.21. The van der Waals surface area contributed by atoms with E-state index >= 15 is 0 Å². The minimum Gasteiger partial charge on any atom is -0.493 e. The zero-order chi connectivity index (χ0) is 13.3. The lowest BCUT2D eigenvalue weighted by Gasteiger charge is -2.43. The number of rotatable bonds is 4. The average Bonchev–Trinajstić information content (AvgIpc) is 2.33. The van der Waals surface area contributed by atoms with Crippen LogP contribution in [-0.2, 0) is 5.41 Å². The molecule has 1 aliphatic rings. The van der Waals surface area contributed by atoms with Crippen LogP contribution < -0.4 is 15.2 Å². The highest BCUT2D eigenvalue weighted by molar-refractivity contribution is 6.33. The van der Waals surface area contributed by atoms with Gasteiger partial charge in [0.1, 0.15) is 0 Å². The number of ether oxygens (including phenoxy) is 2. The van der Waals surface area contributed by atoms with E-state index in [1.807, 2.05) is 13.0 Å². The van der Waals surface area contributed by atoms with Gasteiger partial charge in [0, 0.05) is 12.0 Å². The summed E-state index contributed by atoms with van der Waals surface area (Å²) in [4.78, 5) is 0. The van der Waals surface area contributed by atoms with E-state index in [1.54, 1.807) is 14.2 Å². The number of methoxy groups -OCH3 is 2. The molecule has 1 aromatic carbocycles. The van der Waals surface area contributed by atoms with Crippen LogP contribution in [-0.4, -0.2) is 20.8 Å². The third-order valence-corrected chi connectivity index (χ3v) is 4.58. The smallest absolute Gasteiger partial charge is 0.179 e. The molecule has 0 bridgehead atoms. The van der Waals surface area contributed by atoms with E-state index in [-0.39, 0.29) is 5.41 Å². The second-order valence-corrected chi connectivity index (χ2v) is 5.31. The third kappa shape index (κ3) is 1.86. The van der Waals surface area contributed by atoms with E-state index in [2.05, 4.69) is 0 Å². The van der Waals surface area contributed by atoms with E-state index in [9.17, 15) is 0 Å². The van der Waals surface area contributed by atoms with Crippen LogP contribution in [0.5, 0.6) is 11.5 Å². The van der Waals surface area contributed by atoms with Gasteiger partial charge in [-0.15, -0.1) is 0 Å². The van der Waals surface area contributed by atoms with Crippen LogP contribution in [0.15, 0.2) is 6.07 Å². The number of hydrogen-bond donors (Lipinski definition) is 1. The van der Waals surface area contributed by atoms with Gasteiger partial charge in [-0.05, 0) is 37.0 Å². The molecule has 0 atom stereocenters. The first kappa shape index (κ1) is 13.5. The van der Waals surface area contributed by atoms with Crippen molar-refractivity contribution in [2.24, 2.45) is 5.73 Å². The molecule has 0 unspecified atom stereocenters. The average molecular weight is 270 g/mol. The van der Waals surface area contributed by atoms with E-state index in [0.29, 0.717) is 23.1 Å². The topological polar surface area (TPSA) is 44.5 Å². The Hall–Kier alpha value is -0.930. The number of benzene rings is 1. The second kappa shape index (κ2) is 4.98. The lowest BCUT2D eigenvalue weighted by molar-refractivity contribution is 0.250. The zero-order valence-electron chi connectivity index (χ0n) is 11.2. The van der Waals surface area contributed by atoms with Gasteiger partial charge in [-0.3, -0.25) is 0 Å². The van der Waals surface area contributed by atoms with Crippen molar-refractivity contribution < 1.29 is 9.47 Å². The maximum absolute atomic E-state index is 6.38. The minimum absolute atomic E-state index is 0.0767. The molecule has 0 amide bonds. The fourth-order valence-electron chi connectivity index (χ4n) is 2.78. The third-order valence-electron chi connectivity index (χ3n) is 4.13. The van der Waals surface area contributed by atoms with Crippen LogP contribution in [0.25, 0.3) is 0 Å². The van der Waals surface area contributed by atoms with Crippen molar-refractivity contribution in [3.05, 3.63) is 22.2 Å². The summed E-state index contributed by atoms with van der Waals surface area (Å²) in [7, 11) is 3.23. The van der Waals surface area contributed by atoms with E-state index in [4.69, 9.17) is 26.8 Å². The molecular weight excluding hydrogens is 250 g/mol. The molecule has 0 aromatic heterocycles. The summed E-state index contributed by atoms with van der Waals surface area (Å²) < 4.78 is 10.7. The molecule has 100 valence electrons. The molecule has 2 rings (SSSR count). The molecule has 1 aromatic rings. The summed E-state index contributed by atoms with van der Waals surface area (Å²) in [6, 6.07) is 2.03. The lowest BCUT2D eigenvalue weighted by Crippen LogP contribution is -2.42. The molecule has 18 heavy (non-hydrogen) atoms. The maximum Gasteiger partial charge on any atom is 0.179 e. The molecule has 1 saturated carbocycles. The predicted molar refractivity (Wildman–Crippen MR) is 73.9 cm³/mol. The molecule has 0 saturated heterocycles. The predicted octanol–water partition coefficient (Wildman–Crippen LogP) is 3.05. The highest BCUT2D eigenvalue weighted by atomic mass is 35.5. The van der Waals surface area contributed by atoms with Gasteiger partial charge in [-0.2, -0.15) is 0 Å². The Bertz CT molecular complexity index is 450. The first-order chi connectivity index (χ1) is 8.59. The van der Waals surface area contributed by atoms with Gasteiger partial charge in [0.15, 0.2) is 11.5 Å². The molecule has 0 radical (unpaired) electrons. The first-order valence-corrected chi connectivity index (χ1v) is 6.59. The number of nitrogens with two attached hydrogens (primary N) is 1. The zero-order valence-corrected chi connectivity index (χ0v) is 11.9. The molecule has 1 fully saturated rings. The van der Waals surface area contributed by atoms with Crippen LogP contribution in [0.4, 0.5) is 0 Å². The fraction of sp³-hybridized carbons (Fsp3) is 0.571. The van der Waals surface area contributed by atoms with Crippen LogP contribution in [0.1, 0.15) is 30.4 Å². The normalized spacial score (nSPS) is 17.2. The summed E-state index contributed by atoms with van der Waals surface area (Å²) in [5, 5.41) is 0.631. The summed E-state index contributed by atoms with van der Waals surface area (Å²) in [5.41, 5.74) is 8.31. The summed E-state index contributed by atoms with van der Waals surface area (Å²) in [6.07, 6.45) is 3.47. The Balaban J connectivity index is 2.58. The summed E-state index contributed by atoms with van der Waals surface area (Å²) >= 11 is 6.38. The van der Waals surface area contributed by atoms with Gasteiger partial charge in [-0.1, -0.05) is 18.0 Å². The fourth-order valence-corrected chi connectivity index (χ4v) is 3.05. The molecule has 1 aliphatic carbocycles. The van der Waals surface area contributed by atoms with Crippen LogP contribution in [0.3, 0.4) is 0 Å². The number of halogens is 1. The Kier molecular flexibility index (Phi) is 3.74. The Morgan fingerprint density at radius 2 is 2.00 bits per heavy atom. The number of hydrogen-bond acceptors (Lipinski definition) is 3. The van der Waals surface area contributed by atoms with Crippen molar-refractivity contribution in [1.29, 1.82) is 0 Å². The van der Waals surface area contributed by atoms with E-state index in [0.717, 1.165) is 18.4 Å². The second-order valence-electron chi connectivity index (χ2n) is 4.94. The van der Waals surface area contributed by atoms with Gasteiger partial charge in [0.25, 0.3) is 0 Å². The van der Waals surface area contributed by atoms with Crippen molar-refractivity contribution in [2.45, 2.75) is 31.6 Å². The van der Waals surface area contributed by atoms with Gasteiger partial charge >= 0.3 is 0 Å². The van der Waals surface area contributed by atoms with Crippen LogP contribution in [0.2, 0.25) is 5.02 Å². The minimum atomic E-state index is 0.0767. The Labute approximate surface area is 113 Å². The SMILES string of the molecule is COc1cc(C2(CN)CCC2)c(C)c(Cl)c1OC. The largest absolute Gasteiger partial charge is 0.493 e. The van der Waals surface area contributed by atoms with Crippen LogP contribution >= 0.6 is 11.6 Å². The van der Waals surface area contributed by atoms with Crippen molar-refractivity contribution in [1.82, 2.24) is 0 Å². The van der Waals surface area contributed by atoms with E-state index in [1.165, 1.54) is 12.0 Å². The van der Waals surface area contributed by atoms with Gasteiger partial charge in [0.2, 0.25) is 0 Å². The molecule has 2 N–H and O–H groups in total. The van der Waals surface area contributed by atoms with Crippen LogP contribution in [0, 0.1) is 6.92 Å². The molecule has 3 nitrogen and oxygen atoms in total. The standard InChI is InChI=1S/C14H20ClNO2/c1-9-10(14(8-16)5-4-6-14)7-11(17-2)13(18-3)12(9)15/h7H,4-6,8,16H2,1-3H3. The highest BCUT2D eigenvalue weighted by Crippen LogP contribution is 2.49. The molecular formula is C14H20ClNO2. The molecule has 0 heterocycles. The Morgan fingerprint density at radius 3 is 2.39 bits per heavy atom. The van der Waals surface area contributed by atoms with E-state index < -0.39 is 0 Å².